The lowest BCUT2D eigenvalue weighted by atomic mass is 9.93. The van der Waals surface area contributed by atoms with Crippen LogP contribution in [0.4, 0.5) is 5.69 Å². The molecule has 1 nitrogen and oxygen atoms in total. The number of benzene rings is 1. The van der Waals surface area contributed by atoms with Gasteiger partial charge in [0.1, 0.15) is 0 Å². The molecule has 2 rings (SSSR count). The lowest BCUT2D eigenvalue weighted by Crippen LogP contribution is -1.97. The molecule has 80 valence electrons. The third-order valence-electron chi connectivity index (χ3n) is 2.73. The molecule has 0 aromatic heterocycles. The summed E-state index contributed by atoms with van der Waals surface area (Å²) in [5.41, 5.74) is 9.24. The fourth-order valence-electron chi connectivity index (χ4n) is 1.92. The second-order valence-corrected chi connectivity index (χ2v) is 5.09. The van der Waals surface area contributed by atoms with Crippen molar-refractivity contribution in [3.05, 3.63) is 33.3 Å². The van der Waals surface area contributed by atoms with Crippen LogP contribution in [0.3, 0.4) is 0 Å². The first-order valence-corrected chi connectivity index (χ1v) is 6.29. The number of halogens is 2. The summed E-state index contributed by atoms with van der Waals surface area (Å²) in [5.74, 6) is 0. The molecule has 0 amide bonds. The van der Waals surface area contributed by atoms with Gasteiger partial charge in [0.2, 0.25) is 0 Å². The first-order valence-electron chi connectivity index (χ1n) is 5.12. The van der Waals surface area contributed by atoms with Crippen LogP contribution < -0.4 is 5.73 Å². The van der Waals surface area contributed by atoms with Gasteiger partial charge in [-0.1, -0.05) is 17.7 Å². The van der Waals surface area contributed by atoms with Crippen LogP contribution in [-0.4, -0.2) is 0 Å². The van der Waals surface area contributed by atoms with Crippen molar-refractivity contribution in [1.82, 2.24) is 0 Å². The Labute approximate surface area is 103 Å². The molecule has 1 aromatic carbocycles. The van der Waals surface area contributed by atoms with Gasteiger partial charge in [0.15, 0.2) is 0 Å². The summed E-state index contributed by atoms with van der Waals surface area (Å²) in [6.07, 6.45) is 7.08. The lowest BCUT2D eigenvalue weighted by Gasteiger charge is -2.15. The highest BCUT2D eigenvalue weighted by molar-refractivity contribution is 9.10. The molecule has 1 aromatic rings. The summed E-state index contributed by atoms with van der Waals surface area (Å²) in [6, 6.07) is 3.84. The summed E-state index contributed by atoms with van der Waals surface area (Å²) in [6.45, 7) is 0. The number of allylic oxidation sites excluding steroid dienone is 2. The third-order valence-corrected chi connectivity index (χ3v) is 3.93. The SMILES string of the molecule is Nc1cc(Br)c(Cl)cc1C1=CCCCC1. The van der Waals surface area contributed by atoms with Crippen LogP contribution in [0.15, 0.2) is 22.7 Å². The smallest absolute Gasteiger partial charge is 0.0555 e. The monoisotopic (exact) mass is 285 g/mol. The summed E-state index contributed by atoms with van der Waals surface area (Å²) in [7, 11) is 0. The average Bonchev–Trinajstić information content (AvgIpc) is 2.25. The Morgan fingerprint density at radius 2 is 2.07 bits per heavy atom. The predicted octanol–water partition coefficient (Wildman–Crippen LogP) is 4.64. The first-order chi connectivity index (χ1) is 7.18. The van der Waals surface area contributed by atoms with Gasteiger partial charge in [-0.2, -0.15) is 0 Å². The van der Waals surface area contributed by atoms with Crippen molar-refractivity contribution in [3.8, 4) is 0 Å². The Balaban J connectivity index is 2.43. The Morgan fingerprint density at radius 1 is 1.27 bits per heavy atom. The van der Waals surface area contributed by atoms with Crippen LogP contribution in [0, 0.1) is 0 Å². The Morgan fingerprint density at radius 3 is 2.73 bits per heavy atom. The molecule has 0 spiro atoms. The number of rotatable bonds is 1. The van der Waals surface area contributed by atoms with Gasteiger partial charge in [0, 0.05) is 15.7 Å². The lowest BCUT2D eigenvalue weighted by molar-refractivity contribution is 0.742. The first kappa shape index (κ1) is 11.0. The molecule has 0 heterocycles. The molecule has 1 aliphatic rings. The highest BCUT2D eigenvalue weighted by Gasteiger charge is 2.11. The van der Waals surface area contributed by atoms with E-state index < -0.39 is 0 Å². The fourth-order valence-corrected chi connectivity index (χ4v) is 2.45. The van der Waals surface area contributed by atoms with E-state index in [0.717, 1.165) is 33.6 Å². The van der Waals surface area contributed by atoms with E-state index in [9.17, 15) is 0 Å². The van der Waals surface area contributed by atoms with Crippen LogP contribution in [-0.2, 0) is 0 Å². The van der Waals surface area contributed by atoms with E-state index in [-0.39, 0.29) is 0 Å². The maximum Gasteiger partial charge on any atom is 0.0555 e. The Hall–Kier alpha value is -0.470. The predicted molar refractivity (Wildman–Crippen MR) is 70.0 cm³/mol. The molecule has 0 unspecified atom stereocenters. The van der Waals surface area contributed by atoms with Crippen molar-refractivity contribution in [1.29, 1.82) is 0 Å². The van der Waals surface area contributed by atoms with E-state index in [1.54, 1.807) is 0 Å². The van der Waals surface area contributed by atoms with Gasteiger partial charge < -0.3 is 5.73 Å². The summed E-state index contributed by atoms with van der Waals surface area (Å²) < 4.78 is 0.863. The topological polar surface area (TPSA) is 26.0 Å². The summed E-state index contributed by atoms with van der Waals surface area (Å²) in [5, 5.41) is 0.727. The van der Waals surface area contributed by atoms with Gasteiger partial charge in [0.05, 0.1) is 5.02 Å². The maximum absolute atomic E-state index is 6.08. The number of nitrogen functional groups attached to an aromatic ring is 1. The molecule has 0 aliphatic heterocycles. The standard InChI is InChI=1S/C12H13BrClN/c13-10-7-12(15)9(6-11(10)14)8-4-2-1-3-5-8/h4,6-7H,1-3,5,15H2. The zero-order valence-corrected chi connectivity index (χ0v) is 10.7. The van der Waals surface area contributed by atoms with Crippen molar-refractivity contribution in [3.63, 3.8) is 0 Å². The average molecular weight is 287 g/mol. The molecule has 0 fully saturated rings. The van der Waals surface area contributed by atoms with E-state index in [2.05, 4.69) is 22.0 Å². The molecular formula is C12H13BrClN. The quantitative estimate of drug-likeness (QED) is 0.748. The second-order valence-electron chi connectivity index (χ2n) is 3.83. The van der Waals surface area contributed by atoms with Gasteiger partial charge in [-0.05, 0) is 59.3 Å². The highest BCUT2D eigenvalue weighted by atomic mass is 79.9. The third kappa shape index (κ3) is 2.37. The van der Waals surface area contributed by atoms with Crippen molar-refractivity contribution >= 4 is 38.8 Å². The number of anilines is 1. The minimum atomic E-state index is 0.727. The molecule has 15 heavy (non-hydrogen) atoms. The van der Waals surface area contributed by atoms with Gasteiger partial charge >= 0.3 is 0 Å². The van der Waals surface area contributed by atoms with Crippen LogP contribution >= 0.6 is 27.5 Å². The molecule has 1 aliphatic carbocycles. The summed E-state index contributed by atoms with van der Waals surface area (Å²) in [4.78, 5) is 0. The minimum Gasteiger partial charge on any atom is -0.398 e. The van der Waals surface area contributed by atoms with Crippen LogP contribution in [0.5, 0.6) is 0 Å². The normalized spacial score (nSPS) is 16.3. The van der Waals surface area contributed by atoms with Crippen LogP contribution in [0.1, 0.15) is 31.2 Å². The molecule has 0 atom stereocenters. The molecule has 3 heteroatoms. The zero-order valence-electron chi connectivity index (χ0n) is 8.39. The molecule has 0 radical (unpaired) electrons. The number of hydrogen-bond acceptors (Lipinski definition) is 1. The van der Waals surface area contributed by atoms with Gasteiger partial charge in [-0.3, -0.25) is 0 Å². The van der Waals surface area contributed by atoms with Gasteiger partial charge in [0.25, 0.3) is 0 Å². The number of nitrogens with two attached hydrogens (primary N) is 1. The van der Waals surface area contributed by atoms with Gasteiger partial charge in [-0.25, -0.2) is 0 Å². The summed E-state index contributed by atoms with van der Waals surface area (Å²) >= 11 is 9.45. The van der Waals surface area contributed by atoms with Crippen LogP contribution in [0.25, 0.3) is 5.57 Å². The minimum absolute atomic E-state index is 0.727. The molecular weight excluding hydrogens is 273 g/mol. The number of hydrogen-bond donors (Lipinski definition) is 1. The van der Waals surface area contributed by atoms with Gasteiger partial charge in [-0.15, -0.1) is 0 Å². The second kappa shape index (κ2) is 4.58. The van der Waals surface area contributed by atoms with E-state index in [1.165, 1.54) is 18.4 Å². The Kier molecular flexibility index (Phi) is 3.37. The molecule has 0 bridgehead atoms. The molecule has 2 N–H and O–H groups in total. The van der Waals surface area contributed by atoms with Crippen molar-refractivity contribution in [2.45, 2.75) is 25.7 Å². The van der Waals surface area contributed by atoms with Crippen molar-refractivity contribution < 1.29 is 0 Å². The molecule has 0 saturated heterocycles. The Bertz CT molecular complexity index is 412. The highest BCUT2D eigenvalue weighted by Crippen LogP contribution is 2.35. The van der Waals surface area contributed by atoms with E-state index in [4.69, 9.17) is 17.3 Å². The van der Waals surface area contributed by atoms with Crippen molar-refractivity contribution in [2.24, 2.45) is 0 Å². The van der Waals surface area contributed by atoms with E-state index >= 15 is 0 Å². The fraction of sp³-hybridized carbons (Fsp3) is 0.333. The maximum atomic E-state index is 6.08. The van der Waals surface area contributed by atoms with Crippen molar-refractivity contribution in [2.75, 3.05) is 5.73 Å². The van der Waals surface area contributed by atoms with E-state index in [0.29, 0.717) is 0 Å². The van der Waals surface area contributed by atoms with E-state index in [1.807, 2.05) is 12.1 Å². The van der Waals surface area contributed by atoms with Crippen LogP contribution in [0.2, 0.25) is 5.02 Å². The zero-order chi connectivity index (χ0) is 10.8. The largest absolute Gasteiger partial charge is 0.398 e. The molecule has 0 saturated carbocycles.